The van der Waals surface area contributed by atoms with E-state index in [1.165, 1.54) is 0 Å². The fourth-order valence-electron chi connectivity index (χ4n) is 3.13. The number of aryl methyl sites for hydroxylation is 1. The molecule has 0 spiro atoms. The van der Waals surface area contributed by atoms with Crippen LogP contribution >= 0.6 is 11.3 Å². The Morgan fingerprint density at radius 2 is 2.03 bits per heavy atom. The van der Waals surface area contributed by atoms with Crippen LogP contribution in [-0.4, -0.2) is 36.0 Å². The molecule has 1 aromatic heterocycles. The molecule has 152 valence electrons. The van der Waals surface area contributed by atoms with Crippen LogP contribution in [0.25, 0.3) is 10.6 Å². The van der Waals surface area contributed by atoms with Crippen molar-refractivity contribution < 1.29 is 9.53 Å². The number of para-hydroxylation sites is 1. The molecular weight excluding hydrogens is 382 g/mol. The summed E-state index contributed by atoms with van der Waals surface area (Å²) in [6, 6.07) is 15.7. The van der Waals surface area contributed by atoms with Gasteiger partial charge in [-0.1, -0.05) is 37.3 Å². The SMILES string of the molecule is CCCN(CC(=O)Nc1ccccc1C)Cc1csc(-c2cccc(OC)c2)n1. The lowest BCUT2D eigenvalue weighted by atomic mass is 10.2. The van der Waals surface area contributed by atoms with E-state index in [-0.39, 0.29) is 5.91 Å². The van der Waals surface area contributed by atoms with Crippen molar-refractivity contribution in [1.82, 2.24) is 9.88 Å². The van der Waals surface area contributed by atoms with Gasteiger partial charge < -0.3 is 10.1 Å². The van der Waals surface area contributed by atoms with Crippen molar-refractivity contribution in [3.05, 3.63) is 65.2 Å². The molecule has 0 fully saturated rings. The van der Waals surface area contributed by atoms with Gasteiger partial charge in [0.05, 0.1) is 19.3 Å². The minimum Gasteiger partial charge on any atom is -0.497 e. The summed E-state index contributed by atoms with van der Waals surface area (Å²) >= 11 is 1.61. The van der Waals surface area contributed by atoms with Gasteiger partial charge in [0.15, 0.2) is 0 Å². The Labute approximate surface area is 176 Å². The first-order valence-corrected chi connectivity index (χ1v) is 10.6. The number of nitrogens with one attached hydrogen (secondary N) is 1. The number of rotatable bonds is 9. The number of anilines is 1. The maximum Gasteiger partial charge on any atom is 0.238 e. The van der Waals surface area contributed by atoms with Crippen molar-refractivity contribution in [3.8, 4) is 16.3 Å². The minimum absolute atomic E-state index is 0.00370. The molecule has 0 unspecified atom stereocenters. The number of benzene rings is 2. The highest BCUT2D eigenvalue weighted by atomic mass is 32.1. The number of amides is 1. The Bertz CT molecular complexity index is 955. The average molecular weight is 410 g/mol. The third-order valence-electron chi connectivity index (χ3n) is 4.58. The first-order valence-electron chi connectivity index (χ1n) is 9.75. The zero-order valence-corrected chi connectivity index (χ0v) is 18.0. The van der Waals surface area contributed by atoms with Gasteiger partial charge in [-0.15, -0.1) is 11.3 Å². The Balaban J connectivity index is 1.65. The molecule has 0 radical (unpaired) electrons. The van der Waals surface area contributed by atoms with Crippen LogP contribution in [0, 0.1) is 6.92 Å². The van der Waals surface area contributed by atoms with Crippen molar-refractivity contribution in [2.24, 2.45) is 0 Å². The smallest absolute Gasteiger partial charge is 0.238 e. The highest BCUT2D eigenvalue weighted by molar-refractivity contribution is 7.13. The Hall–Kier alpha value is -2.70. The van der Waals surface area contributed by atoms with Gasteiger partial charge in [0.1, 0.15) is 10.8 Å². The summed E-state index contributed by atoms with van der Waals surface area (Å²) in [4.78, 5) is 19.5. The lowest BCUT2D eigenvalue weighted by Crippen LogP contribution is -2.33. The van der Waals surface area contributed by atoms with Crippen molar-refractivity contribution in [2.45, 2.75) is 26.8 Å². The average Bonchev–Trinajstić information content (AvgIpc) is 3.18. The number of nitrogens with zero attached hydrogens (tertiary/aromatic N) is 2. The molecule has 0 saturated carbocycles. The molecule has 0 aliphatic rings. The van der Waals surface area contributed by atoms with Crippen LogP contribution in [0.3, 0.4) is 0 Å². The predicted octanol–water partition coefficient (Wildman–Crippen LogP) is 4.98. The van der Waals surface area contributed by atoms with Gasteiger partial charge in [0, 0.05) is 23.2 Å². The van der Waals surface area contributed by atoms with E-state index >= 15 is 0 Å². The van der Waals surface area contributed by atoms with E-state index in [0.717, 1.165) is 46.2 Å². The molecular formula is C23H27N3O2S. The molecule has 1 N–H and O–H groups in total. The van der Waals surface area contributed by atoms with Crippen LogP contribution in [0.2, 0.25) is 0 Å². The lowest BCUT2D eigenvalue weighted by Gasteiger charge is -2.20. The summed E-state index contributed by atoms with van der Waals surface area (Å²) < 4.78 is 5.30. The van der Waals surface area contributed by atoms with Crippen LogP contribution in [0.1, 0.15) is 24.6 Å². The summed E-state index contributed by atoms with van der Waals surface area (Å²) in [6.45, 7) is 5.95. The summed E-state index contributed by atoms with van der Waals surface area (Å²) in [5.41, 5.74) is 3.94. The zero-order valence-electron chi connectivity index (χ0n) is 17.1. The second kappa shape index (κ2) is 10.2. The molecule has 3 aromatic rings. The van der Waals surface area contributed by atoms with E-state index in [1.54, 1.807) is 18.4 Å². The number of aromatic nitrogens is 1. The van der Waals surface area contributed by atoms with Crippen molar-refractivity contribution in [3.63, 3.8) is 0 Å². The Morgan fingerprint density at radius 1 is 1.21 bits per heavy atom. The largest absolute Gasteiger partial charge is 0.497 e. The molecule has 3 rings (SSSR count). The van der Waals surface area contributed by atoms with Crippen molar-refractivity contribution >= 4 is 22.9 Å². The van der Waals surface area contributed by atoms with Crippen molar-refractivity contribution in [2.75, 3.05) is 25.5 Å². The summed E-state index contributed by atoms with van der Waals surface area (Å²) in [7, 11) is 1.66. The maximum atomic E-state index is 12.6. The Kier molecular flexibility index (Phi) is 7.38. The first kappa shape index (κ1) is 21.0. The summed E-state index contributed by atoms with van der Waals surface area (Å²) in [6.07, 6.45) is 0.977. The molecule has 2 aromatic carbocycles. The third kappa shape index (κ3) is 5.89. The number of methoxy groups -OCH3 is 1. The molecule has 1 amide bonds. The minimum atomic E-state index is -0.00370. The van der Waals surface area contributed by atoms with Gasteiger partial charge in [-0.05, 0) is 43.7 Å². The van der Waals surface area contributed by atoms with E-state index in [9.17, 15) is 4.79 Å². The van der Waals surface area contributed by atoms with Gasteiger partial charge in [-0.3, -0.25) is 9.69 Å². The van der Waals surface area contributed by atoms with Gasteiger partial charge in [-0.25, -0.2) is 4.98 Å². The molecule has 0 aliphatic heterocycles. The second-order valence-electron chi connectivity index (χ2n) is 6.95. The first-order chi connectivity index (χ1) is 14.1. The molecule has 5 nitrogen and oxygen atoms in total. The topological polar surface area (TPSA) is 54.5 Å². The van der Waals surface area contributed by atoms with Gasteiger partial charge >= 0.3 is 0 Å². The number of ether oxygens (including phenoxy) is 1. The molecule has 29 heavy (non-hydrogen) atoms. The second-order valence-corrected chi connectivity index (χ2v) is 7.81. The van der Waals surface area contributed by atoms with E-state index in [0.29, 0.717) is 13.1 Å². The molecule has 0 aliphatic carbocycles. The van der Waals surface area contributed by atoms with Crippen molar-refractivity contribution in [1.29, 1.82) is 0 Å². The van der Waals surface area contributed by atoms with Gasteiger partial charge in [-0.2, -0.15) is 0 Å². The van der Waals surface area contributed by atoms with Crippen LogP contribution < -0.4 is 10.1 Å². The summed E-state index contributed by atoms with van der Waals surface area (Å²) in [5.74, 6) is 0.815. The number of carbonyl (C=O) groups excluding carboxylic acids is 1. The van der Waals surface area contributed by atoms with Crippen LogP contribution in [0.4, 0.5) is 5.69 Å². The van der Waals surface area contributed by atoms with Crippen LogP contribution in [0.5, 0.6) is 5.75 Å². The lowest BCUT2D eigenvalue weighted by molar-refractivity contribution is -0.117. The fourth-order valence-corrected chi connectivity index (χ4v) is 3.94. The molecule has 6 heteroatoms. The number of hydrogen-bond donors (Lipinski definition) is 1. The van der Waals surface area contributed by atoms with Gasteiger partial charge in [0.25, 0.3) is 0 Å². The summed E-state index contributed by atoms with van der Waals surface area (Å²) in [5, 5.41) is 6.04. The highest BCUT2D eigenvalue weighted by Crippen LogP contribution is 2.27. The normalized spacial score (nSPS) is 10.9. The maximum absolute atomic E-state index is 12.6. The highest BCUT2D eigenvalue weighted by Gasteiger charge is 2.14. The number of thiazole rings is 1. The predicted molar refractivity (Wildman–Crippen MR) is 119 cm³/mol. The number of carbonyl (C=O) groups is 1. The van der Waals surface area contributed by atoms with Gasteiger partial charge in [0.2, 0.25) is 5.91 Å². The van der Waals surface area contributed by atoms with E-state index in [2.05, 4.69) is 22.5 Å². The molecule has 1 heterocycles. The molecule has 0 atom stereocenters. The molecule has 0 bridgehead atoms. The molecule has 0 saturated heterocycles. The number of hydrogen-bond acceptors (Lipinski definition) is 5. The zero-order chi connectivity index (χ0) is 20.6. The van der Waals surface area contributed by atoms with E-state index < -0.39 is 0 Å². The van der Waals surface area contributed by atoms with E-state index in [4.69, 9.17) is 9.72 Å². The van der Waals surface area contributed by atoms with Crippen LogP contribution in [0.15, 0.2) is 53.9 Å². The van der Waals surface area contributed by atoms with E-state index in [1.807, 2.05) is 55.5 Å². The quantitative estimate of drug-likeness (QED) is 0.542. The fraction of sp³-hybridized carbons (Fsp3) is 0.304. The Morgan fingerprint density at radius 3 is 2.79 bits per heavy atom. The van der Waals surface area contributed by atoms with Crippen LogP contribution in [-0.2, 0) is 11.3 Å². The monoisotopic (exact) mass is 409 g/mol. The standard InChI is InChI=1S/C23H27N3O2S/c1-4-12-26(15-22(27)25-21-11-6-5-8-17(21)2)14-19-16-29-23(24-19)18-9-7-10-20(13-18)28-3/h5-11,13,16H,4,12,14-15H2,1-3H3,(H,25,27). The third-order valence-corrected chi connectivity index (χ3v) is 5.52.